The van der Waals surface area contributed by atoms with Crippen molar-refractivity contribution in [1.82, 2.24) is 14.5 Å². The highest BCUT2D eigenvalue weighted by molar-refractivity contribution is 5.90. The van der Waals surface area contributed by atoms with Crippen molar-refractivity contribution in [1.29, 1.82) is 5.26 Å². The number of nitriles is 1. The summed E-state index contributed by atoms with van der Waals surface area (Å²) in [5.41, 5.74) is 5.49. The number of pyridine rings is 1. The van der Waals surface area contributed by atoms with Gasteiger partial charge in [0, 0.05) is 13.2 Å². The summed E-state index contributed by atoms with van der Waals surface area (Å²) in [6.45, 7) is 4.10. The number of benzene rings is 1. The molecule has 0 aliphatic rings. The van der Waals surface area contributed by atoms with Crippen molar-refractivity contribution >= 4 is 22.8 Å². The van der Waals surface area contributed by atoms with Crippen LogP contribution >= 0.6 is 0 Å². The van der Waals surface area contributed by atoms with Crippen LogP contribution in [0.2, 0.25) is 0 Å². The molecule has 0 N–H and O–H groups in total. The van der Waals surface area contributed by atoms with Gasteiger partial charge in [0.15, 0.2) is 11.5 Å². The van der Waals surface area contributed by atoms with Crippen LogP contribution in [0.25, 0.3) is 22.8 Å². The lowest BCUT2D eigenvalue weighted by Crippen LogP contribution is -1.97. The summed E-state index contributed by atoms with van der Waals surface area (Å²) in [7, 11) is 1.88. The number of allylic oxidation sites excluding steroid dienone is 1. The van der Waals surface area contributed by atoms with Crippen molar-refractivity contribution in [2.45, 2.75) is 13.8 Å². The fraction of sp³-hybridized carbons (Fsp3) is 0.167. The lowest BCUT2D eigenvalue weighted by Gasteiger charge is -2.04. The average molecular weight is 288 g/mol. The largest absolute Gasteiger partial charge is 0.311 e. The zero-order valence-electron chi connectivity index (χ0n) is 12.8. The Morgan fingerprint density at radius 1 is 1.27 bits per heavy atom. The molecule has 0 atom stereocenters. The molecule has 0 bridgehead atoms. The number of imidazole rings is 1. The van der Waals surface area contributed by atoms with Gasteiger partial charge in [-0.2, -0.15) is 5.26 Å². The van der Waals surface area contributed by atoms with E-state index in [4.69, 9.17) is 0 Å². The highest BCUT2D eigenvalue weighted by Gasteiger charge is 2.13. The number of hydrogen-bond donors (Lipinski definition) is 0. The topological polar surface area (TPSA) is 54.5 Å². The number of rotatable bonds is 2. The Labute approximate surface area is 129 Å². The van der Waals surface area contributed by atoms with E-state index in [0.29, 0.717) is 11.4 Å². The van der Waals surface area contributed by atoms with Crippen LogP contribution < -0.4 is 0 Å². The summed E-state index contributed by atoms with van der Waals surface area (Å²) >= 11 is 0. The van der Waals surface area contributed by atoms with E-state index in [9.17, 15) is 5.26 Å². The third-order valence-corrected chi connectivity index (χ3v) is 3.71. The maximum atomic E-state index is 9.54. The monoisotopic (exact) mass is 288 g/mol. The molecular weight excluding hydrogens is 272 g/mol. The van der Waals surface area contributed by atoms with E-state index in [0.717, 1.165) is 22.3 Å². The third kappa shape index (κ3) is 2.38. The van der Waals surface area contributed by atoms with Crippen LogP contribution in [0.3, 0.4) is 0 Å². The Morgan fingerprint density at radius 2 is 2.09 bits per heavy atom. The summed E-state index contributed by atoms with van der Waals surface area (Å²) in [5.74, 6) is 0.635. The van der Waals surface area contributed by atoms with Crippen LogP contribution in [-0.2, 0) is 7.05 Å². The van der Waals surface area contributed by atoms with Gasteiger partial charge in [-0.1, -0.05) is 23.8 Å². The second-order valence-electron chi connectivity index (χ2n) is 5.37. The van der Waals surface area contributed by atoms with Crippen molar-refractivity contribution in [3.8, 4) is 6.07 Å². The van der Waals surface area contributed by atoms with Crippen LogP contribution in [0, 0.1) is 25.2 Å². The van der Waals surface area contributed by atoms with E-state index in [1.165, 1.54) is 5.56 Å². The molecule has 2 aromatic heterocycles. The molecule has 0 amide bonds. The summed E-state index contributed by atoms with van der Waals surface area (Å²) in [4.78, 5) is 8.85. The molecule has 2 heterocycles. The SMILES string of the molecule is Cc1ccc(C=C(C#N)c2nc3cccnc3n2C)c(C)c1. The molecule has 0 saturated heterocycles. The Kier molecular flexibility index (Phi) is 3.48. The zero-order valence-corrected chi connectivity index (χ0v) is 12.8. The van der Waals surface area contributed by atoms with Crippen molar-refractivity contribution in [3.05, 3.63) is 59.0 Å². The van der Waals surface area contributed by atoms with Gasteiger partial charge in [0.2, 0.25) is 0 Å². The second-order valence-corrected chi connectivity index (χ2v) is 5.37. The molecule has 4 nitrogen and oxygen atoms in total. The van der Waals surface area contributed by atoms with Gasteiger partial charge in [-0.3, -0.25) is 0 Å². The van der Waals surface area contributed by atoms with Gasteiger partial charge in [0.25, 0.3) is 0 Å². The minimum absolute atomic E-state index is 0.535. The molecule has 1 aromatic carbocycles. The standard InChI is InChI=1S/C18H16N4/c1-12-6-7-14(13(2)9-12)10-15(11-19)17-21-16-5-4-8-20-18(16)22(17)3/h4-10H,1-3H3. The molecule has 0 fully saturated rings. The smallest absolute Gasteiger partial charge is 0.160 e. The second kappa shape index (κ2) is 5.45. The van der Waals surface area contributed by atoms with Gasteiger partial charge in [-0.15, -0.1) is 0 Å². The summed E-state index contributed by atoms with van der Waals surface area (Å²) in [6.07, 6.45) is 3.61. The predicted octanol–water partition coefficient (Wildman–Crippen LogP) is 3.65. The number of fused-ring (bicyclic) bond motifs is 1. The maximum absolute atomic E-state index is 9.54. The number of aryl methyl sites for hydroxylation is 3. The van der Waals surface area contributed by atoms with Gasteiger partial charge in [0.1, 0.15) is 11.6 Å². The van der Waals surface area contributed by atoms with Crippen molar-refractivity contribution in [2.24, 2.45) is 7.05 Å². The van der Waals surface area contributed by atoms with E-state index in [1.807, 2.05) is 48.9 Å². The molecular formula is C18H16N4. The molecule has 0 unspecified atom stereocenters. The van der Waals surface area contributed by atoms with Crippen LogP contribution in [0.15, 0.2) is 36.5 Å². The van der Waals surface area contributed by atoms with Crippen molar-refractivity contribution in [2.75, 3.05) is 0 Å². The van der Waals surface area contributed by atoms with Gasteiger partial charge in [0.05, 0.1) is 5.57 Å². The maximum Gasteiger partial charge on any atom is 0.160 e. The van der Waals surface area contributed by atoms with Crippen LogP contribution in [-0.4, -0.2) is 14.5 Å². The van der Waals surface area contributed by atoms with E-state index in [1.54, 1.807) is 6.20 Å². The van der Waals surface area contributed by atoms with Gasteiger partial charge in [-0.05, 0) is 43.2 Å². The summed E-state index contributed by atoms with van der Waals surface area (Å²) < 4.78 is 1.86. The first kappa shape index (κ1) is 14.0. The lowest BCUT2D eigenvalue weighted by molar-refractivity contribution is 0.910. The van der Waals surface area contributed by atoms with Crippen LogP contribution in [0.5, 0.6) is 0 Å². The fourth-order valence-electron chi connectivity index (χ4n) is 2.55. The normalized spacial score (nSPS) is 11.6. The quantitative estimate of drug-likeness (QED) is 0.676. The zero-order chi connectivity index (χ0) is 15.7. The molecule has 0 aliphatic carbocycles. The molecule has 0 aliphatic heterocycles. The Bertz CT molecular complexity index is 926. The predicted molar refractivity (Wildman–Crippen MR) is 87.9 cm³/mol. The van der Waals surface area contributed by atoms with Gasteiger partial charge in [-0.25, -0.2) is 9.97 Å². The molecule has 0 saturated carbocycles. The number of nitrogens with zero attached hydrogens (tertiary/aromatic N) is 4. The highest BCUT2D eigenvalue weighted by atomic mass is 15.1. The summed E-state index contributed by atoms with van der Waals surface area (Å²) in [6, 6.07) is 12.2. The molecule has 3 rings (SSSR count). The van der Waals surface area contributed by atoms with E-state index >= 15 is 0 Å². The Hall–Kier alpha value is -2.93. The fourth-order valence-corrected chi connectivity index (χ4v) is 2.55. The minimum atomic E-state index is 0.535. The number of hydrogen-bond acceptors (Lipinski definition) is 3. The molecule has 0 spiro atoms. The molecule has 108 valence electrons. The summed E-state index contributed by atoms with van der Waals surface area (Å²) in [5, 5.41) is 9.54. The first-order valence-corrected chi connectivity index (χ1v) is 7.07. The third-order valence-electron chi connectivity index (χ3n) is 3.71. The molecule has 3 aromatic rings. The highest BCUT2D eigenvalue weighted by Crippen LogP contribution is 2.22. The van der Waals surface area contributed by atoms with E-state index < -0.39 is 0 Å². The van der Waals surface area contributed by atoms with Crippen molar-refractivity contribution < 1.29 is 0 Å². The van der Waals surface area contributed by atoms with E-state index in [-0.39, 0.29) is 0 Å². The first-order chi connectivity index (χ1) is 10.6. The van der Waals surface area contributed by atoms with Crippen molar-refractivity contribution in [3.63, 3.8) is 0 Å². The van der Waals surface area contributed by atoms with Crippen LogP contribution in [0.4, 0.5) is 0 Å². The molecule has 0 radical (unpaired) electrons. The lowest BCUT2D eigenvalue weighted by atomic mass is 10.0. The van der Waals surface area contributed by atoms with Gasteiger partial charge < -0.3 is 4.57 Å². The number of aromatic nitrogens is 3. The minimum Gasteiger partial charge on any atom is -0.311 e. The Morgan fingerprint density at radius 3 is 2.77 bits per heavy atom. The first-order valence-electron chi connectivity index (χ1n) is 7.07. The van der Waals surface area contributed by atoms with E-state index in [2.05, 4.69) is 29.0 Å². The molecule has 22 heavy (non-hydrogen) atoms. The van der Waals surface area contributed by atoms with Gasteiger partial charge >= 0.3 is 0 Å². The Balaban J connectivity index is 2.16. The average Bonchev–Trinajstić information content (AvgIpc) is 2.84. The molecule has 4 heteroatoms. The van der Waals surface area contributed by atoms with Crippen LogP contribution in [0.1, 0.15) is 22.5 Å².